The van der Waals surface area contributed by atoms with E-state index in [0.717, 1.165) is 5.56 Å². The lowest BCUT2D eigenvalue weighted by atomic mass is 9.95. The van der Waals surface area contributed by atoms with Gasteiger partial charge in [-0.05, 0) is 35.7 Å². The van der Waals surface area contributed by atoms with Gasteiger partial charge < -0.3 is 14.7 Å². The summed E-state index contributed by atoms with van der Waals surface area (Å²) in [5.41, 5.74) is 1.53. The fourth-order valence-electron chi connectivity index (χ4n) is 3.34. The first-order chi connectivity index (χ1) is 13.9. The first-order valence-corrected chi connectivity index (χ1v) is 9.82. The Labute approximate surface area is 170 Å². The molecule has 2 aromatic rings. The predicted octanol–water partition coefficient (Wildman–Crippen LogP) is 3.99. The number of nitrogens with zero attached hydrogens (tertiary/aromatic N) is 2. The number of carbonyl (C=O) groups excluding carboxylic acids is 2. The zero-order valence-corrected chi connectivity index (χ0v) is 17.0. The molecule has 6 heteroatoms. The number of aliphatic hydroxyl groups excluding tert-OH is 1. The molecular formula is C23H26N2O4. The average Bonchev–Trinajstić information content (AvgIpc) is 2.97. The molecule has 1 atom stereocenters. The maximum atomic E-state index is 12.8. The monoisotopic (exact) mass is 394 g/mol. The minimum Gasteiger partial charge on any atom is -0.503 e. The van der Waals surface area contributed by atoms with Crippen molar-refractivity contribution in [2.24, 2.45) is 5.92 Å². The zero-order chi connectivity index (χ0) is 21.0. The zero-order valence-electron chi connectivity index (χ0n) is 17.0. The molecule has 0 saturated carbocycles. The highest BCUT2D eigenvalue weighted by atomic mass is 16.5. The van der Waals surface area contributed by atoms with Crippen molar-refractivity contribution in [1.82, 2.24) is 9.88 Å². The van der Waals surface area contributed by atoms with Crippen LogP contribution in [0.1, 0.15) is 44.5 Å². The Morgan fingerprint density at radius 1 is 1.24 bits per heavy atom. The molecule has 29 heavy (non-hydrogen) atoms. The Balaban J connectivity index is 2.00. The number of aliphatic hydroxyl groups is 1. The van der Waals surface area contributed by atoms with Gasteiger partial charge in [0.1, 0.15) is 5.75 Å². The maximum absolute atomic E-state index is 12.8. The molecule has 0 saturated heterocycles. The van der Waals surface area contributed by atoms with Crippen LogP contribution in [0, 0.1) is 5.92 Å². The fourth-order valence-corrected chi connectivity index (χ4v) is 3.34. The van der Waals surface area contributed by atoms with Crippen molar-refractivity contribution in [2.45, 2.75) is 39.8 Å². The van der Waals surface area contributed by atoms with Gasteiger partial charge in [0, 0.05) is 12.6 Å². The van der Waals surface area contributed by atoms with Crippen molar-refractivity contribution in [2.75, 3.05) is 6.61 Å². The van der Waals surface area contributed by atoms with Crippen LogP contribution in [-0.4, -0.2) is 33.3 Å². The van der Waals surface area contributed by atoms with Crippen LogP contribution in [-0.2, 0) is 16.1 Å². The smallest absolute Gasteiger partial charge is 0.290 e. The van der Waals surface area contributed by atoms with Gasteiger partial charge in [-0.3, -0.25) is 14.6 Å². The summed E-state index contributed by atoms with van der Waals surface area (Å²) in [5, 5.41) is 10.5. The van der Waals surface area contributed by atoms with E-state index in [4.69, 9.17) is 4.74 Å². The van der Waals surface area contributed by atoms with Crippen molar-refractivity contribution in [3.8, 4) is 5.75 Å². The normalized spacial score (nSPS) is 16.6. The molecule has 152 valence electrons. The summed E-state index contributed by atoms with van der Waals surface area (Å²) in [5.74, 6) is -0.264. The average molecular weight is 394 g/mol. The molecule has 0 radical (unpaired) electrons. The lowest BCUT2D eigenvalue weighted by Gasteiger charge is -2.27. The Morgan fingerprint density at radius 3 is 2.69 bits per heavy atom. The van der Waals surface area contributed by atoms with E-state index in [9.17, 15) is 14.7 Å². The van der Waals surface area contributed by atoms with Crippen molar-refractivity contribution < 1.29 is 19.4 Å². The molecule has 1 aliphatic rings. The van der Waals surface area contributed by atoms with Crippen molar-refractivity contribution in [3.05, 3.63) is 71.3 Å². The largest absolute Gasteiger partial charge is 0.503 e. The van der Waals surface area contributed by atoms with Crippen molar-refractivity contribution >= 4 is 11.7 Å². The minimum atomic E-state index is -0.681. The number of hydrogen-bond donors (Lipinski definition) is 1. The van der Waals surface area contributed by atoms with E-state index in [1.807, 2.05) is 36.4 Å². The molecule has 1 N–H and O–H groups in total. The second kappa shape index (κ2) is 8.90. The number of Topliss-reactive ketones (excluding diaryl/α,β-unsaturated/α-hetero) is 1. The summed E-state index contributed by atoms with van der Waals surface area (Å²) in [7, 11) is 0. The standard InChI is InChI=1S/C23H26N2O4/c1-4-19(26)20-21(16-8-7-10-18(12-16)29-14-15(2)3)25(23(28)22(20)27)13-17-9-5-6-11-24-17/h5-12,15,21,27H,4,13-14H2,1-3H3. The van der Waals surface area contributed by atoms with E-state index in [2.05, 4.69) is 18.8 Å². The summed E-state index contributed by atoms with van der Waals surface area (Å²) in [6, 6.07) is 12.1. The number of ether oxygens (including phenoxy) is 1. The fraction of sp³-hybridized carbons (Fsp3) is 0.348. The summed E-state index contributed by atoms with van der Waals surface area (Å²) in [4.78, 5) is 31.2. The van der Waals surface area contributed by atoms with E-state index in [-0.39, 0.29) is 24.3 Å². The molecule has 1 amide bonds. The Kier molecular flexibility index (Phi) is 6.32. The number of aromatic nitrogens is 1. The van der Waals surface area contributed by atoms with Crippen molar-refractivity contribution in [1.29, 1.82) is 0 Å². The highest BCUT2D eigenvalue weighted by Crippen LogP contribution is 2.39. The lowest BCUT2D eigenvalue weighted by Crippen LogP contribution is -2.31. The number of hydrogen-bond acceptors (Lipinski definition) is 5. The predicted molar refractivity (Wildman–Crippen MR) is 109 cm³/mol. The summed E-state index contributed by atoms with van der Waals surface area (Å²) in [6.45, 7) is 6.59. The molecule has 6 nitrogen and oxygen atoms in total. The van der Waals surface area contributed by atoms with Gasteiger partial charge in [-0.15, -0.1) is 0 Å². The number of benzene rings is 1. The van der Waals surface area contributed by atoms with Gasteiger partial charge >= 0.3 is 0 Å². The molecule has 0 fully saturated rings. The lowest BCUT2D eigenvalue weighted by molar-refractivity contribution is -0.130. The summed E-state index contributed by atoms with van der Waals surface area (Å²) >= 11 is 0. The second-order valence-electron chi connectivity index (χ2n) is 7.47. The topological polar surface area (TPSA) is 79.7 Å². The van der Waals surface area contributed by atoms with Gasteiger partial charge in [0.2, 0.25) is 0 Å². The Bertz CT molecular complexity index is 921. The van der Waals surface area contributed by atoms with Crippen LogP contribution in [0.3, 0.4) is 0 Å². The molecule has 1 unspecified atom stereocenters. The number of pyridine rings is 1. The van der Waals surface area contributed by atoms with E-state index < -0.39 is 17.7 Å². The quantitative estimate of drug-likeness (QED) is 0.732. The molecule has 0 bridgehead atoms. The third-order valence-corrected chi connectivity index (χ3v) is 4.74. The molecule has 3 rings (SSSR count). The van der Waals surface area contributed by atoms with Crippen LogP contribution in [0.2, 0.25) is 0 Å². The minimum absolute atomic E-state index is 0.134. The number of ketones is 1. The first-order valence-electron chi connectivity index (χ1n) is 9.82. The molecule has 1 aromatic carbocycles. The van der Waals surface area contributed by atoms with Gasteiger partial charge in [0.15, 0.2) is 11.5 Å². The number of carbonyl (C=O) groups is 2. The highest BCUT2D eigenvalue weighted by molar-refractivity contribution is 6.08. The third kappa shape index (κ3) is 4.47. The molecule has 0 aliphatic carbocycles. The van der Waals surface area contributed by atoms with Crippen molar-refractivity contribution in [3.63, 3.8) is 0 Å². The van der Waals surface area contributed by atoms with Crippen LogP contribution in [0.5, 0.6) is 5.75 Å². The van der Waals surface area contributed by atoms with Gasteiger partial charge in [0.05, 0.1) is 30.5 Å². The molecule has 0 spiro atoms. The summed E-state index contributed by atoms with van der Waals surface area (Å²) < 4.78 is 5.82. The molecule has 2 heterocycles. The highest BCUT2D eigenvalue weighted by Gasteiger charge is 2.43. The van der Waals surface area contributed by atoms with E-state index >= 15 is 0 Å². The van der Waals surface area contributed by atoms with Crippen LogP contribution >= 0.6 is 0 Å². The molecular weight excluding hydrogens is 368 g/mol. The maximum Gasteiger partial charge on any atom is 0.290 e. The Morgan fingerprint density at radius 2 is 2.03 bits per heavy atom. The first kappa shape index (κ1) is 20.6. The van der Waals surface area contributed by atoms with E-state index in [1.165, 1.54) is 4.90 Å². The van der Waals surface area contributed by atoms with E-state index in [1.54, 1.807) is 19.2 Å². The molecule has 1 aliphatic heterocycles. The van der Waals surface area contributed by atoms with Gasteiger partial charge in [-0.2, -0.15) is 0 Å². The SMILES string of the molecule is CCC(=O)C1=C(O)C(=O)N(Cc2ccccn2)C1c1cccc(OCC(C)C)c1. The van der Waals surface area contributed by atoms with Gasteiger partial charge in [-0.25, -0.2) is 0 Å². The third-order valence-electron chi connectivity index (χ3n) is 4.74. The van der Waals surface area contributed by atoms with Crippen LogP contribution in [0.25, 0.3) is 0 Å². The molecule has 1 aromatic heterocycles. The van der Waals surface area contributed by atoms with Gasteiger partial charge in [0.25, 0.3) is 5.91 Å². The second-order valence-corrected chi connectivity index (χ2v) is 7.47. The summed E-state index contributed by atoms with van der Waals surface area (Å²) in [6.07, 6.45) is 1.85. The van der Waals surface area contributed by atoms with Crippen LogP contribution in [0.15, 0.2) is 60.0 Å². The van der Waals surface area contributed by atoms with Crippen LogP contribution < -0.4 is 4.74 Å². The van der Waals surface area contributed by atoms with E-state index in [0.29, 0.717) is 24.0 Å². The number of rotatable bonds is 8. The number of amides is 1. The van der Waals surface area contributed by atoms with Gasteiger partial charge in [-0.1, -0.05) is 39.0 Å². The Hall–Kier alpha value is -3.15. The van der Waals surface area contributed by atoms with Crippen LogP contribution in [0.4, 0.5) is 0 Å².